The number of hydrogen-bond acceptors (Lipinski definition) is 2. The third kappa shape index (κ3) is 5.34. The fourth-order valence-corrected chi connectivity index (χ4v) is 2.21. The Kier molecular flexibility index (Phi) is 6.14. The highest BCUT2D eigenvalue weighted by atomic mass is 79.9. The minimum atomic E-state index is -0.986. The molecule has 0 aliphatic heterocycles. The van der Waals surface area contributed by atoms with E-state index in [2.05, 4.69) is 26.6 Å². The number of anilines is 1. The molecular formula is C14H18BrFN2O3. The summed E-state index contributed by atoms with van der Waals surface area (Å²) in [6, 6.07) is 1.71. The van der Waals surface area contributed by atoms with E-state index in [9.17, 15) is 14.0 Å². The lowest BCUT2D eigenvalue weighted by molar-refractivity contribution is -0.137. The van der Waals surface area contributed by atoms with Crippen LogP contribution in [0.3, 0.4) is 0 Å². The Morgan fingerprint density at radius 2 is 2.00 bits per heavy atom. The maximum Gasteiger partial charge on any atom is 0.319 e. The number of urea groups is 1. The van der Waals surface area contributed by atoms with Crippen LogP contribution >= 0.6 is 15.9 Å². The second-order valence-corrected chi connectivity index (χ2v) is 5.98. The van der Waals surface area contributed by atoms with Crippen molar-refractivity contribution in [2.45, 2.75) is 33.2 Å². The molecule has 0 radical (unpaired) electrons. The van der Waals surface area contributed by atoms with Crippen molar-refractivity contribution in [3.05, 3.63) is 28.0 Å². The molecule has 0 fully saturated rings. The van der Waals surface area contributed by atoms with E-state index in [4.69, 9.17) is 5.11 Å². The smallest absolute Gasteiger partial charge is 0.319 e. The minimum Gasteiger partial charge on any atom is -0.481 e. The molecule has 116 valence electrons. The van der Waals surface area contributed by atoms with Crippen molar-refractivity contribution in [3.8, 4) is 0 Å². The van der Waals surface area contributed by atoms with Crippen molar-refractivity contribution in [2.75, 3.05) is 5.32 Å². The van der Waals surface area contributed by atoms with E-state index in [0.717, 1.165) is 0 Å². The van der Waals surface area contributed by atoms with E-state index in [0.29, 0.717) is 15.7 Å². The summed E-state index contributed by atoms with van der Waals surface area (Å²) >= 11 is 3.06. The van der Waals surface area contributed by atoms with Crippen LogP contribution in [0.5, 0.6) is 0 Å². The average molecular weight is 361 g/mol. The van der Waals surface area contributed by atoms with Crippen LogP contribution in [-0.4, -0.2) is 23.1 Å². The van der Waals surface area contributed by atoms with Crippen LogP contribution in [0.1, 0.15) is 25.8 Å². The predicted octanol–water partition coefficient (Wildman–Crippen LogP) is 3.52. The highest BCUT2D eigenvalue weighted by Crippen LogP contribution is 2.23. The van der Waals surface area contributed by atoms with Crippen molar-refractivity contribution in [2.24, 2.45) is 5.92 Å². The van der Waals surface area contributed by atoms with Crippen LogP contribution in [0.2, 0.25) is 0 Å². The molecule has 3 N–H and O–H groups in total. The van der Waals surface area contributed by atoms with Crippen molar-refractivity contribution in [3.63, 3.8) is 0 Å². The lowest BCUT2D eigenvalue weighted by Crippen LogP contribution is -2.42. The number of amides is 2. The molecule has 0 aromatic heterocycles. The van der Waals surface area contributed by atoms with Gasteiger partial charge >= 0.3 is 12.0 Å². The molecule has 1 atom stereocenters. The molecule has 0 saturated carbocycles. The molecule has 2 amide bonds. The molecule has 7 heteroatoms. The zero-order chi connectivity index (χ0) is 16.2. The molecule has 0 spiro atoms. The number of aliphatic carboxylic acids is 1. The summed E-state index contributed by atoms with van der Waals surface area (Å²) in [5, 5.41) is 13.9. The van der Waals surface area contributed by atoms with Gasteiger partial charge in [0, 0.05) is 11.7 Å². The van der Waals surface area contributed by atoms with Gasteiger partial charge in [-0.1, -0.05) is 13.8 Å². The van der Waals surface area contributed by atoms with E-state index >= 15 is 0 Å². The van der Waals surface area contributed by atoms with Crippen LogP contribution in [0.25, 0.3) is 0 Å². The number of halogens is 2. The monoisotopic (exact) mass is 360 g/mol. The average Bonchev–Trinajstić information content (AvgIpc) is 2.34. The number of hydrogen-bond donors (Lipinski definition) is 3. The van der Waals surface area contributed by atoms with Crippen LogP contribution in [0.15, 0.2) is 16.6 Å². The molecule has 0 aliphatic carbocycles. The Bertz CT molecular complexity index is 549. The number of rotatable bonds is 5. The first-order valence-corrected chi connectivity index (χ1v) is 7.25. The molecule has 0 bridgehead atoms. The molecule has 0 heterocycles. The summed E-state index contributed by atoms with van der Waals surface area (Å²) in [7, 11) is 0. The zero-order valence-corrected chi connectivity index (χ0v) is 13.6. The van der Waals surface area contributed by atoms with Crippen LogP contribution in [-0.2, 0) is 4.79 Å². The van der Waals surface area contributed by atoms with Crippen LogP contribution in [0, 0.1) is 18.7 Å². The Morgan fingerprint density at radius 1 is 1.38 bits per heavy atom. The van der Waals surface area contributed by atoms with Gasteiger partial charge in [-0.25, -0.2) is 9.18 Å². The van der Waals surface area contributed by atoms with Gasteiger partial charge in [0.1, 0.15) is 5.82 Å². The van der Waals surface area contributed by atoms with Gasteiger partial charge in [-0.3, -0.25) is 4.79 Å². The van der Waals surface area contributed by atoms with Crippen molar-refractivity contribution in [1.82, 2.24) is 5.32 Å². The van der Waals surface area contributed by atoms with Crippen LogP contribution < -0.4 is 10.6 Å². The van der Waals surface area contributed by atoms with Crippen LogP contribution in [0.4, 0.5) is 14.9 Å². The van der Waals surface area contributed by atoms with E-state index in [-0.39, 0.29) is 12.3 Å². The molecular weight excluding hydrogens is 343 g/mol. The van der Waals surface area contributed by atoms with E-state index in [1.807, 2.05) is 13.8 Å². The Labute approximate surface area is 131 Å². The van der Waals surface area contributed by atoms with Crippen molar-refractivity contribution >= 4 is 33.6 Å². The van der Waals surface area contributed by atoms with Gasteiger partial charge in [-0.05, 0) is 46.5 Å². The van der Waals surface area contributed by atoms with Crippen molar-refractivity contribution in [1.29, 1.82) is 0 Å². The van der Waals surface area contributed by atoms with Gasteiger partial charge in [-0.2, -0.15) is 0 Å². The lowest BCUT2D eigenvalue weighted by atomic mass is 10.0. The lowest BCUT2D eigenvalue weighted by Gasteiger charge is -2.21. The van der Waals surface area contributed by atoms with Gasteiger partial charge in [0.25, 0.3) is 0 Å². The van der Waals surface area contributed by atoms with Gasteiger partial charge < -0.3 is 15.7 Å². The van der Waals surface area contributed by atoms with E-state index in [1.165, 1.54) is 6.07 Å². The molecule has 1 rings (SSSR count). The zero-order valence-electron chi connectivity index (χ0n) is 12.0. The number of carbonyl (C=O) groups is 2. The summed E-state index contributed by atoms with van der Waals surface area (Å²) in [6.45, 7) is 5.37. The summed E-state index contributed by atoms with van der Waals surface area (Å²) in [5.74, 6) is -1.50. The second-order valence-electron chi connectivity index (χ2n) is 5.13. The third-order valence-corrected chi connectivity index (χ3v) is 3.64. The molecule has 0 aliphatic rings. The first-order valence-electron chi connectivity index (χ1n) is 6.45. The normalized spacial score (nSPS) is 12.1. The van der Waals surface area contributed by atoms with E-state index in [1.54, 1.807) is 13.0 Å². The molecule has 21 heavy (non-hydrogen) atoms. The number of carboxylic acid groups (broad SMARTS) is 1. The largest absolute Gasteiger partial charge is 0.481 e. The fourth-order valence-electron chi connectivity index (χ4n) is 1.75. The SMILES string of the molecule is Cc1cc(Br)c(F)cc1NC(=O)NC(CC(=O)O)C(C)C. The summed E-state index contributed by atoms with van der Waals surface area (Å²) in [5.41, 5.74) is 1.03. The minimum absolute atomic E-state index is 0.0328. The van der Waals surface area contributed by atoms with E-state index < -0.39 is 23.9 Å². The third-order valence-electron chi connectivity index (χ3n) is 3.03. The quantitative estimate of drug-likeness (QED) is 0.751. The summed E-state index contributed by atoms with van der Waals surface area (Å²) < 4.78 is 13.8. The number of benzene rings is 1. The molecule has 1 aromatic carbocycles. The Hall–Kier alpha value is -1.63. The Morgan fingerprint density at radius 3 is 2.52 bits per heavy atom. The number of aryl methyl sites for hydroxylation is 1. The summed E-state index contributed by atoms with van der Waals surface area (Å²) in [6.07, 6.45) is -0.168. The van der Waals surface area contributed by atoms with Gasteiger partial charge in [-0.15, -0.1) is 0 Å². The van der Waals surface area contributed by atoms with Gasteiger partial charge in [0.05, 0.1) is 10.9 Å². The first-order chi connectivity index (χ1) is 9.70. The highest BCUT2D eigenvalue weighted by molar-refractivity contribution is 9.10. The Balaban J connectivity index is 2.76. The standard InChI is InChI=1S/C14H18BrFN2O3/c1-7(2)11(6-13(19)20)17-14(21)18-12-5-10(16)9(15)4-8(12)3/h4-5,7,11H,6H2,1-3H3,(H,19,20)(H2,17,18,21). The second kappa shape index (κ2) is 7.40. The highest BCUT2D eigenvalue weighted by Gasteiger charge is 2.19. The number of nitrogens with one attached hydrogen (secondary N) is 2. The predicted molar refractivity (Wildman–Crippen MR) is 81.9 cm³/mol. The fraction of sp³-hybridized carbons (Fsp3) is 0.429. The van der Waals surface area contributed by atoms with Gasteiger partial charge in [0.15, 0.2) is 0 Å². The number of carbonyl (C=O) groups excluding carboxylic acids is 1. The molecule has 1 unspecified atom stereocenters. The maximum atomic E-state index is 13.5. The molecule has 5 nitrogen and oxygen atoms in total. The van der Waals surface area contributed by atoms with Crippen molar-refractivity contribution < 1.29 is 19.1 Å². The maximum absolute atomic E-state index is 13.5. The first kappa shape index (κ1) is 17.4. The summed E-state index contributed by atoms with van der Waals surface area (Å²) in [4.78, 5) is 22.7. The molecule has 1 aromatic rings. The van der Waals surface area contributed by atoms with Gasteiger partial charge in [0.2, 0.25) is 0 Å². The topological polar surface area (TPSA) is 78.4 Å². The molecule has 0 saturated heterocycles. The number of carboxylic acids is 1.